The molecule has 5 heteroatoms. The Labute approximate surface area is 226 Å². The van der Waals surface area contributed by atoms with Gasteiger partial charge in [0, 0.05) is 41.0 Å². The predicted molar refractivity (Wildman–Crippen MR) is 157 cm³/mol. The van der Waals surface area contributed by atoms with Crippen molar-refractivity contribution in [1.29, 1.82) is 0 Å². The van der Waals surface area contributed by atoms with E-state index >= 15 is 0 Å². The number of nitrogens with zero attached hydrogens (tertiary/aromatic N) is 4. The third kappa shape index (κ3) is 3.96. The van der Waals surface area contributed by atoms with E-state index in [4.69, 9.17) is 9.72 Å². The van der Waals surface area contributed by atoms with Crippen LogP contribution in [0.3, 0.4) is 0 Å². The van der Waals surface area contributed by atoms with Gasteiger partial charge in [-0.25, -0.2) is 4.98 Å². The van der Waals surface area contributed by atoms with Crippen molar-refractivity contribution < 1.29 is 4.74 Å². The minimum Gasteiger partial charge on any atom is -0.457 e. The molecule has 0 fully saturated rings. The Morgan fingerprint density at radius 2 is 1.38 bits per heavy atom. The van der Waals surface area contributed by atoms with Crippen molar-refractivity contribution in [3.05, 3.63) is 133 Å². The van der Waals surface area contributed by atoms with E-state index in [0.717, 1.165) is 50.8 Å². The molecule has 4 aromatic carbocycles. The maximum atomic E-state index is 6.40. The van der Waals surface area contributed by atoms with Crippen molar-refractivity contribution in [2.24, 2.45) is 0 Å². The number of para-hydroxylation sites is 2. The molecule has 0 saturated heterocycles. The van der Waals surface area contributed by atoms with Gasteiger partial charge in [-0.15, -0.1) is 0 Å². The zero-order valence-corrected chi connectivity index (χ0v) is 21.7. The monoisotopic (exact) mass is 506 g/mol. The molecule has 0 saturated carbocycles. The first-order valence-corrected chi connectivity index (χ1v) is 13.0. The van der Waals surface area contributed by atoms with Crippen LogP contribution < -0.4 is 4.74 Å². The molecule has 0 bridgehead atoms. The average molecular weight is 507 g/mol. The van der Waals surface area contributed by atoms with E-state index in [2.05, 4.69) is 82.6 Å². The maximum Gasteiger partial charge on any atom is 0.219 e. The third-order valence-electron chi connectivity index (χ3n) is 7.18. The molecule has 0 spiro atoms. The zero-order chi connectivity index (χ0) is 26.3. The number of ether oxygens (including phenoxy) is 1. The van der Waals surface area contributed by atoms with Crippen LogP contribution in [0.25, 0.3) is 44.7 Å². The molecule has 0 aliphatic heterocycles. The average Bonchev–Trinajstić information content (AvgIpc) is 3.55. The first-order valence-electron chi connectivity index (χ1n) is 13.0. The van der Waals surface area contributed by atoms with Crippen LogP contribution in [0.5, 0.6) is 11.5 Å². The largest absolute Gasteiger partial charge is 0.457 e. The normalized spacial score (nSPS) is 11.3. The molecule has 0 amide bonds. The maximum absolute atomic E-state index is 6.40. The van der Waals surface area contributed by atoms with Crippen molar-refractivity contribution in [3.63, 3.8) is 0 Å². The molecule has 0 N–H and O–H groups in total. The lowest BCUT2D eigenvalue weighted by atomic mass is 10.1. The van der Waals surface area contributed by atoms with Gasteiger partial charge in [0.2, 0.25) is 5.95 Å². The summed E-state index contributed by atoms with van der Waals surface area (Å²) in [5, 5.41) is 2.32. The number of aryl methyl sites for hydroxylation is 2. The van der Waals surface area contributed by atoms with Gasteiger partial charge in [-0.2, -0.15) is 0 Å². The van der Waals surface area contributed by atoms with Crippen LogP contribution >= 0.6 is 0 Å². The molecule has 0 atom stereocenters. The van der Waals surface area contributed by atoms with Crippen molar-refractivity contribution in [2.75, 3.05) is 0 Å². The lowest BCUT2D eigenvalue weighted by Crippen LogP contribution is -2.07. The lowest BCUT2D eigenvalue weighted by Gasteiger charge is -2.15. The summed E-state index contributed by atoms with van der Waals surface area (Å²) >= 11 is 0. The third-order valence-corrected chi connectivity index (χ3v) is 7.18. The fourth-order valence-corrected chi connectivity index (χ4v) is 5.44. The number of pyridine rings is 1. The highest BCUT2D eigenvalue weighted by Crippen LogP contribution is 2.36. The number of rotatable bonds is 5. The minimum absolute atomic E-state index is 0.759. The molecule has 0 unspecified atom stereocenters. The number of aromatic nitrogens is 4. The van der Waals surface area contributed by atoms with Gasteiger partial charge in [-0.3, -0.25) is 14.1 Å². The number of imidazole rings is 1. The van der Waals surface area contributed by atoms with E-state index in [-0.39, 0.29) is 0 Å². The minimum atomic E-state index is 0.759. The first kappa shape index (κ1) is 23.0. The van der Waals surface area contributed by atoms with Crippen LogP contribution in [0, 0.1) is 13.8 Å². The molecule has 188 valence electrons. The van der Waals surface area contributed by atoms with Crippen molar-refractivity contribution >= 4 is 21.8 Å². The molecule has 39 heavy (non-hydrogen) atoms. The standard InChI is InChI=1S/C34H26N4O/c1-23-9-7-10-24(2)33(23)37-20-19-36-34(37)38-31-15-4-3-13-28(31)29-17-16-27(22-32(29)38)39-26-12-8-11-25(21-26)30-14-5-6-18-35-30/h3-22H,1-2H3. The number of hydrogen-bond acceptors (Lipinski definition) is 3. The Balaban J connectivity index is 1.38. The smallest absolute Gasteiger partial charge is 0.219 e. The van der Waals surface area contributed by atoms with E-state index in [1.165, 1.54) is 16.5 Å². The van der Waals surface area contributed by atoms with Gasteiger partial charge in [0.15, 0.2) is 0 Å². The summed E-state index contributed by atoms with van der Waals surface area (Å²) in [5.74, 6) is 2.36. The van der Waals surface area contributed by atoms with Crippen LogP contribution in [0.1, 0.15) is 11.1 Å². The summed E-state index contributed by atoms with van der Waals surface area (Å²) in [4.78, 5) is 9.33. The van der Waals surface area contributed by atoms with Gasteiger partial charge < -0.3 is 4.74 Å². The van der Waals surface area contributed by atoms with Gasteiger partial charge in [0.25, 0.3) is 0 Å². The molecule has 5 nitrogen and oxygen atoms in total. The summed E-state index contributed by atoms with van der Waals surface area (Å²) in [6, 6.07) is 35.1. The topological polar surface area (TPSA) is 44.9 Å². The summed E-state index contributed by atoms with van der Waals surface area (Å²) in [6.45, 7) is 4.28. The number of fused-ring (bicyclic) bond motifs is 3. The lowest BCUT2D eigenvalue weighted by molar-refractivity contribution is 0.483. The Morgan fingerprint density at radius 3 is 2.23 bits per heavy atom. The highest BCUT2D eigenvalue weighted by atomic mass is 16.5. The van der Waals surface area contributed by atoms with E-state index in [9.17, 15) is 0 Å². The molecule has 0 radical (unpaired) electrons. The van der Waals surface area contributed by atoms with Gasteiger partial charge in [0.1, 0.15) is 11.5 Å². The van der Waals surface area contributed by atoms with E-state index in [0.29, 0.717) is 0 Å². The van der Waals surface area contributed by atoms with E-state index in [1.54, 1.807) is 6.20 Å². The quantitative estimate of drug-likeness (QED) is 0.235. The predicted octanol–water partition coefficient (Wildman–Crippen LogP) is 8.44. The van der Waals surface area contributed by atoms with Crippen LogP contribution in [-0.2, 0) is 0 Å². The summed E-state index contributed by atoms with van der Waals surface area (Å²) < 4.78 is 10.8. The fourth-order valence-electron chi connectivity index (χ4n) is 5.44. The highest BCUT2D eigenvalue weighted by Gasteiger charge is 2.18. The molecule has 0 aliphatic rings. The molecule has 7 rings (SSSR count). The second kappa shape index (κ2) is 9.30. The Hall–Kier alpha value is -5.16. The fraction of sp³-hybridized carbons (Fsp3) is 0.0588. The summed E-state index contributed by atoms with van der Waals surface area (Å²) in [5.41, 5.74) is 7.61. The Morgan fingerprint density at radius 1 is 0.615 bits per heavy atom. The number of hydrogen-bond donors (Lipinski definition) is 0. The molecular formula is C34H26N4O. The highest BCUT2D eigenvalue weighted by molar-refractivity contribution is 6.09. The Kier molecular flexibility index (Phi) is 5.48. The van der Waals surface area contributed by atoms with Gasteiger partial charge in [-0.05, 0) is 67.4 Å². The van der Waals surface area contributed by atoms with Crippen molar-refractivity contribution in [3.8, 4) is 34.4 Å². The molecule has 7 aromatic rings. The summed E-state index contributed by atoms with van der Waals surface area (Å²) in [7, 11) is 0. The van der Waals surface area contributed by atoms with Crippen LogP contribution in [0.2, 0.25) is 0 Å². The number of benzene rings is 4. The molecule has 0 aliphatic carbocycles. The van der Waals surface area contributed by atoms with Crippen LogP contribution in [-0.4, -0.2) is 19.1 Å². The second-order valence-corrected chi connectivity index (χ2v) is 9.71. The molecule has 3 heterocycles. The SMILES string of the molecule is Cc1cccc(C)c1-n1ccnc1-n1c2ccccc2c2ccc(Oc3cccc(-c4ccccn4)c3)cc21. The van der Waals surface area contributed by atoms with Gasteiger partial charge in [0.05, 0.1) is 22.4 Å². The van der Waals surface area contributed by atoms with Crippen LogP contribution in [0.15, 0.2) is 122 Å². The second-order valence-electron chi connectivity index (χ2n) is 9.71. The van der Waals surface area contributed by atoms with Crippen molar-refractivity contribution in [1.82, 2.24) is 19.1 Å². The molecular weight excluding hydrogens is 480 g/mol. The van der Waals surface area contributed by atoms with Gasteiger partial charge in [-0.1, -0.05) is 54.6 Å². The van der Waals surface area contributed by atoms with E-state index < -0.39 is 0 Å². The molecule has 3 aromatic heterocycles. The van der Waals surface area contributed by atoms with Crippen LogP contribution in [0.4, 0.5) is 0 Å². The summed E-state index contributed by atoms with van der Waals surface area (Å²) in [6.07, 6.45) is 5.71. The Bertz CT molecular complexity index is 1950. The van der Waals surface area contributed by atoms with Gasteiger partial charge >= 0.3 is 0 Å². The van der Waals surface area contributed by atoms with Crippen molar-refractivity contribution in [2.45, 2.75) is 13.8 Å². The first-order chi connectivity index (χ1) is 19.2. The zero-order valence-electron chi connectivity index (χ0n) is 21.7. The van der Waals surface area contributed by atoms with E-state index in [1.807, 2.05) is 60.9 Å².